The Balaban J connectivity index is 0.000000334. The molecule has 3 aromatic heterocycles. The number of rotatable bonds is 2. The van der Waals surface area contributed by atoms with Crippen molar-refractivity contribution >= 4 is 22.9 Å². The van der Waals surface area contributed by atoms with Crippen LogP contribution in [-0.4, -0.2) is 75.0 Å². The van der Waals surface area contributed by atoms with Crippen LogP contribution in [0.5, 0.6) is 0 Å². The van der Waals surface area contributed by atoms with Gasteiger partial charge in [-0.15, -0.1) is 0 Å². The van der Waals surface area contributed by atoms with Crippen molar-refractivity contribution in [1.82, 2.24) is 29.7 Å². The van der Waals surface area contributed by atoms with Crippen molar-refractivity contribution in [1.29, 1.82) is 0 Å². The van der Waals surface area contributed by atoms with Crippen molar-refractivity contribution < 1.29 is 13.5 Å². The Labute approximate surface area is 179 Å². The van der Waals surface area contributed by atoms with Gasteiger partial charge < -0.3 is 14.5 Å². The summed E-state index contributed by atoms with van der Waals surface area (Å²) < 4.78 is 34.6. The molecule has 9 nitrogen and oxygen atoms in total. The van der Waals surface area contributed by atoms with Crippen molar-refractivity contribution in [2.75, 3.05) is 49.2 Å². The van der Waals surface area contributed by atoms with Crippen molar-refractivity contribution in [2.24, 2.45) is 7.05 Å². The van der Waals surface area contributed by atoms with Crippen LogP contribution in [0.2, 0.25) is 0 Å². The van der Waals surface area contributed by atoms with Gasteiger partial charge in [-0.1, -0.05) is 0 Å². The SMILES string of the molecule is Cc1nc2nc(N3CCOCC3)nc(N3CCC(F)(F)C3)c2nc1C.Cn1cccn1. The maximum Gasteiger partial charge on any atom is 0.266 e. The number of aromatic nitrogens is 6. The van der Waals surface area contributed by atoms with Gasteiger partial charge in [0.05, 0.1) is 31.1 Å². The fourth-order valence-electron chi connectivity index (χ4n) is 3.47. The molecular formula is C20H26F2N8O. The van der Waals surface area contributed by atoms with Crippen LogP contribution < -0.4 is 9.80 Å². The van der Waals surface area contributed by atoms with E-state index < -0.39 is 5.92 Å². The number of nitrogens with zero attached hydrogens (tertiary/aromatic N) is 8. The molecule has 2 fully saturated rings. The predicted molar refractivity (Wildman–Crippen MR) is 113 cm³/mol. The number of morpholine rings is 1. The van der Waals surface area contributed by atoms with Crippen LogP contribution in [0.4, 0.5) is 20.5 Å². The molecule has 11 heteroatoms. The second kappa shape index (κ2) is 8.66. The van der Waals surface area contributed by atoms with Crippen LogP contribution in [-0.2, 0) is 11.8 Å². The molecule has 3 aromatic rings. The summed E-state index contributed by atoms with van der Waals surface area (Å²) in [7, 11) is 1.89. The van der Waals surface area contributed by atoms with Gasteiger partial charge in [-0.3, -0.25) is 4.68 Å². The molecule has 2 saturated heterocycles. The van der Waals surface area contributed by atoms with Gasteiger partial charge in [-0.2, -0.15) is 15.1 Å². The molecule has 2 aliphatic rings. The number of halogens is 2. The Hall–Kier alpha value is -2.95. The minimum Gasteiger partial charge on any atom is -0.378 e. The van der Waals surface area contributed by atoms with Gasteiger partial charge in [-0.05, 0) is 19.9 Å². The van der Waals surface area contributed by atoms with E-state index in [4.69, 9.17) is 4.74 Å². The molecule has 166 valence electrons. The number of fused-ring (bicyclic) bond motifs is 1. The van der Waals surface area contributed by atoms with Gasteiger partial charge in [0.25, 0.3) is 5.92 Å². The highest BCUT2D eigenvalue weighted by Crippen LogP contribution is 2.33. The summed E-state index contributed by atoms with van der Waals surface area (Å²) in [6.07, 6.45) is 3.46. The summed E-state index contributed by atoms with van der Waals surface area (Å²) in [6, 6.07) is 1.89. The molecule has 0 aliphatic carbocycles. The van der Waals surface area contributed by atoms with Crippen molar-refractivity contribution in [3.05, 3.63) is 29.8 Å². The van der Waals surface area contributed by atoms with Crippen LogP contribution in [0.15, 0.2) is 18.5 Å². The normalized spacial score (nSPS) is 18.2. The third-order valence-corrected chi connectivity index (χ3v) is 5.31. The Kier molecular flexibility index (Phi) is 5.94. The largest absolute Gasteiger partial charge is 0.378 e. The van der Waals surface area contributed by atoms with Crippen LogP contribution in [0.25, 0.3) is 11.2 Å². The summed E-state index contributed by atoms with van der Waals surface area (Å²) in [5, 5.41) is 3.83. The van der Waals surface area contributed by atoms with Gasteiger partial charge in [0, 0.05) is 45.5 Å². The Morgan fingerprint density at radius 1 is 0.968 bits per heavy atom. The molecule has 5 heterocycles. The van der Waals surface area contributed by atoms with E-state index in [-0.39, 0.29) is 19.5 Å². The number of hydrogen-bond acceptors (Lipinski definition) is 8. The van der Waals surface area contributed by atoms with E-state index >= 15 is 0 Å². The highest BCUT2D eigenvalue weighted by atomic mass is 19.3. The summed E-state index contributed by atoms with van der Waals surface area (Å²) in [5.41, 5.74) is 2.46. The van der Waals surface area contributed by atoms with E-state index in [9.17, 15) is 8.78 Å². The molecule has 0 atom stereocenters. The smallest absolute Gasteiger partial charge is 0.266 e. The first-order valence-corrected chi connectivity index (χ1v) is 10.2. The van der Waals surface area contributed by atoms with Crippen LogP contribution in [0.3, 0.4) is 0 Å². The van der Waals surface area contributed by atoms with E-state index in [2.05, 4.69) is 25.0 Å². The lowest BCUT2D eigenvalue weighted by molar-refractivity contribution is 0.0257. The standard InChI is InChI=1S/C16H20F2N6O.C4H6N2/c1-10-11(2)20-13-12(19-10)14(24-4-3-16(17,18)9-24)22-15(21-13)23-5-7-25-8-6-23;1-6-4-2-3-5-6/h3-9H2,1-2H3;2-4H,1H3. The molecule has 31 heavy (non-hydrogen) atoms. The maximum absolute atomic E-state index is 13.7. The fraction of sp³-hybridized carbons (Fsp3) is 0.550. The lowest BCUT2D eigenvalue weighted by Crippen LogP contribution is -2.38. The zero-order valence-corrected chi connectivity index (χ0v) is 17.9. The second-order valence-corrected chi connectivity index (χ2v) is 7.72. The molecule has 0 amide bonds. The first-order chi connectivity index (χ1) is 14.8. The average Bonchev–Trinajstić information content (AvgIpc) is 3.37. The third kappa shape index (κ3) is 4.87. The van der Waals surface area contributed by atoms with Crippen molar-refractivity contribution in [3.63, 3.8) is 0 Å². The Bertz CT molecular complexity index is 1040. The number of aryl methyl sites for hydroxylation is 3. The fourth-order valence-corrected chi connectivity index (χ4v) is 3.47. The Morgan fingerprint density at radius 2 is 1.71 bits per heavy atom. The van der Waals surface area contributed by atoms with Gasteiger partial charge in [0.2, 0.25) is 5.95 Å². The molecular weight excluding hydrogens is 406 g/mol. The van der Waals surface area contributed by atoms with E-state index in [0.29, 0.717) is 49.2 Å². The van der Waals surface area contributed by atoms with E-state index in [0.717, 1.165) is 11.4 Å². The lowest BCUT2D eigenvalue weighted by atomic mass is 10.3. The van der Waals surface area contributed by atoms with Crippen LogP contribution in [0.1, 0.15) is 17.8 Å². The van der Waals surface area contributed by atoms with Crippen LogP contribution >= 0.6 is 0 Å². The quantitative estimate of drug-likeness (QED) is 0.609. The molecule has 2 aliphatic heterocycles. The van der Waals surface area contributed by atoms with Gasteiger partial charge in [0.1, 0.15) is 0 Å². The van der Waals surface area contributed by atoms with Gasteiger partial charge in [-0.25, -0.2) is 18.7 Å². The van der Waals surface area contributed by atoms with Gasteiger partial charge in [0.15, 0.2) is 17.0 Å². The van der Waals surface area contributed by atoms with E-state index in [1.807, 2.05) is 38.1 Å². The maximum atomic E-state index is 13.7. The third-order valence-electron chi connectivity index (χ3n) is 5.31. The zero-order chi connectivity index (χ0) is 22.0. The summed E-state index contributed by atoms with van der Waals surface area (Å²) in [4.78, 5) is 21.8. The monoisotopic (exact) mass is 432 g/mol. The summed E-state index contributed by atoms with van der Waals surface area (Å²) in [6.45, 7) is 6.13. The topological polar surface area (TPSA) is 85.1 Å². The number of hydrogen-bond donors (Lipinski definition) is 0. The van der Waals surface area contributed by atoms with E-state index in [1.165, 1.54) is 0 Å². The van der Waals surface area contributed by atoms with Gasteiger partial charge >= 0.3 is 0 Å². The van der Waals surface area contributed by atoms with Crippen molar-refractivity contribution in [3.8, 4) is 0 Å². The molecule has 0 saturated carbocycles. The number of ether oxygens (including phenoxy) is 1. The molecule has 0 aromatic carbocycles. The highest BCUT2D eigenvalue weighted by Gasteiger charge is 2.40. The molecule has 0 N–H and O–H groups in total. The van der Waals surface area contributed by atoms with Crippen LogP contribution in [0, 0.1) is 13.8 Å². The lowest BCUT2D eigenvalue weighted by Gasteiger charge is -2.28. The summed E-state index contributed by atoms with van der Waals surface area (Å²) >= 11 is 0. The molecule has 0 unspecified atom stereocenters. The number of anilines is 2. The first kappa shape index (κ1) is 21.3. The number of alkyl halides is 2. The molecule has 5 rings (SSSR count). The average molecular weight is 432 g/mol. The predicted octanol–water partition coefficient (Wildman–Crippen LogP) is 2.14. The first-order valence-electron chi connectivity index (χ1n) is 10.2. The second-order valence-electron chi connectivity index (χ2n) is 7.72. The zero-order valence-electron chi connectivity index (χ0n) is 17.9. The minimum atomic E-state index is -2.70. The van der Waals surface area contributed by atoms with E-state index in [1.54, 1.807) is 15.8 Å². The minimum absolute atomic E-state index is 0.177. The Morgan fingerprint density at radius 3 is 2.29 bits per heavy atom. The molecule has 0 spiro atoms. The highest BCUT2D eigenvalue weighted by molar-refractivity contribution is 5.84. The summed E-state index contributed by atoms with van der Waals surface area (Å²) in [5.74, 6) is -1.76. The van der Waals surface area contributed by atoms with Crippen molar-refractivity contribution in [2.45, 2.75) is 26.2 Å². The molecule has 0 radical (unpaired) electrons. The molecule has 0 bridgehead atoms.